The molecule has 11 heteroatoms. The van der Waals surface area contributed by atoms with E-state index in [0.29, 0.717) is 17.7 Å². The van der Waals surface area contributed by atoms with Crippen molar-refractivity contribution in [2.24, 2.45) is 5.73 Å². The molecular weight excluding hydrogens is 484 g/mol. The average Bonchev–Trinajstić information content (AvgIpc) is 2.86. The molecule has 3 atom stereocenters. The Balaban J connectivity index is 2.08. The van der Waals surface area contributed by atoms with Crippen LogP contribution in [-0.4, -0.2) is 70.6 Å². The SMILES string of the molecule is CSCCC(N)C(=O)NCC(=O)NC(Cc1ccc(O)cc1)C(=O)NC(Cc1ccccc1)C(=O)O. The highest BCUT2D eigenvalue weighted by atomic mass is 32.2. The second-order valence-corrected chi connectivity index (χ2v) is 9.17. The molecule has 3 unspecified atom stereocenters. The van der Waals surface area contributed by atoms with E-state index < -0.39 is 48.4 Å². The van der Waals surface area contributed by atoms with Gasteiger partial charge in [-0.2, -0.15) is 11.8 Å². The average molecular weight is 517 g/mol. The molecule has 0 aromatic heterocycles. The Morgan fingerprint density at radius 1 is 0.889 bits per heavy atom. The number of aromatic hydroxyl groups is 1. The van der Waals surface area contributed by atoms with Gasteiger partial charge in [0.05, 0.1) is 12.6 Å². The summed E-state index contributed by atoms with van der Waals surface area (Å²) >= 11 is 1.55. The van der Waals surface area contributed by atoms with Gasteiger partial charge in [0.15, 0.2) is 0 Å². The van der Waals surface area contributed by atoms with Gasteiger partial charge in [0.1, 0.15) is 17.8 Å². The Kier molecular flexibility index (Phi) is 11.7. The zero-order valence-electron chi connectivity index (χ0n) is 20.0. The van der Waals surface area contributed by atoms with Crippen LogP contribution < -0.4 is 21.7 Å². The van der Waals surface area contributed by atoms with Crippen LogP contribution in [0.2, 0.25) is 0 Å². The highest BCUT2D eigenvalue weighted by molar-refractivity contribution is 7.98. The predicted molar refractivity (Wildman–Crippen MR) is 137 cm³/mol. The van der Waals surface area contributed by atoms with Crippen molar-refractivity contribution in [1.29, 1.82) is 0 Å². The summed E-state index contributed by atoms with van der Waals surface area (Å²) in [5, 5.41) is 26.7. The number of hydrogen-bond acceptors (Lipinski definition) is 7. The third-order valence-electron chi connectivity index (χ3n) is 5.32. The van der Waals surface area contributed by atoms with Crippen LogP contribution in [0, 0.1) is 0 Å². The zero-order valence-corrected chi connectivity index (χ0v) is 20.8. The molecule has 0 heterocycles. The molecule has 2 aromatic rings. The van der Waals surface area contributed by atoms with E-state index in [9.17, 15) is 29.4 Å². The van der Waals surface area contributed by atoms with Gasteiger partial charge in [-0.15, -0.1) is 0 Å². The van der Waals surface area contributed by atoms with Crippen LogP contribution in [-0.2, 0) is 32.0 Å². The van der Waals surface area contributed by atoms with E-state index in [2.05, 4.69) is 16.0 Å². The summed E-state index contributed by atoms with van der Waals surface area (Å²) in [6, 6.07) is 11.8. The number of carbonyl (C=O) groups excluding carboxylic acids is 3. The lowest BCUT2D eigenvalue weighted by atomic mass is 10.0. The van der Waals surface area contributed by atoms with Gasteiger partial charge in [-0.05, 0) is 41.7 Å². The van der Waals surface area contributed by atoms with Gasteiger partial charge < -0.3 is 31.9 Å². The quantitative estimate of drug-likeness (QED) is 0.210. The fourth-order valence-electron chi connectivity index (χ4n) is 3.32. The van der Waals surface area contributed by atoms with E-state index in [1.165, 1.54) is 12.1 Å². The van der Waals surface area contributed by atoms with Crippen LogP contribution in [0.3, 0.4) is 0 Å². The maximum Gasteiger partial charge on any atom is 0.326 e. The van der Waals surface area contributed by atoms with Crippen LogP contribution >= 0.6 is 11.8 Å². The lowest BCUT2D eigenvalue weighted by Crippen LogP contribution is -2.54. The lowest BCUT2D eigenvalue weighted by molar-refractivity contribution is -0.142. The molecule has 0 spiro atoms. The smallest absolute Gasteiger partial charge is 0.326 e. The minimum absolute atomic E-state index is 0.0384. The number of nitrogens with one attached hydrogen (secondary N) is 3. The number of carboxylic acids is 1. The van der Waals surface area contributed by atoms with Crippen molar-refractivity contribution in [3.63, 3.8) is 0 Å². The number of nitrogens with two attached hydrogens (primary N) is 1. The number of thioether (sulfide) groups is 1. The molecule has 2 rings (SSSR count). The number of phenols is 1. The Morgan fingerprint density at radius 2 is 1.50 bits per heavy atom. The topological polar surface area (TPSA) is 171 Å². The summed E-state index contributed by atoms with van der Waals surface area (Å²) in [5.74, 6) is -2.28. The molecule has 0 aliphatic rings. The Morgan fingerprint density at radius 3 is 2.11 bits per heavy atom. The molecule has 0 radical (unpaired) electrons. The van der Waals surface area contributed by atoms with Crippen molar-refractivity contribution < 1.29 is 29.4 Å². The van der Waals surface area contributed by atoms with Gasteiger partial charge in [0.25, 0.3) is 0 Å². The number of amides is 3. The van der Waals surface area contributed by atoms with E-state index in [1.807, 2.05) is 6.26 Å². The van der Waals surface area contributed by atoms with Crippen molar-refractivity contribution in [2.75, 3.05) is 18.6 Å². The number of phenolic OH excluding ortho intramolecular Hbond substituents is 1. The van der Waals surface area contributed by atoms with Crippen LogP contribution in [0.1, 0.15) is 17.5 Å². The van der Waals surface area contributed by atoms with Gasteiger partial charge in [-0.3, -0.25) is 14.4 Å². The fraction of sp³-hybridized carbons (Fsp3) is 0.360. The first-order chi connectivity index (χ1) is 17.2. The first-order valence-electron chi connectivity index (χ1n) is 11.4. The van der Waals surface area contributed by atoms with E-state index in [0.717, 1.165) is 5.56 Å². The first-order valence-corrected chi connectivity index (χ1v) is 12.8. The summed E-state index contributed by atoms with van der Waals surface area (Å²) in [6.45, 7) is -0.391. The van der Waals surface area contributed by atoms with E-state index >= 15 is 0 Å². The maximum atomic E-state index is 13.1. The predicted octanol–water partition coefficient (Wildman–Crippen LogP) is 0.428. The molecular formula is C25H32N4O6S. The lowest BCUT2D eigenvalue weighted by Gasteiger charge is -2.22. The van der Waals surface area contributed by atoms with Crippen molar-refractivity contribution in [3.8, 4) is 5.75 Å². The van der Waals surface area contributed by atoms with E-state index in [-0.39, 0.29) is 18.6 Å². The number of aliphatic carboxylic acids is 1. The molecule has 3 amide bonds. The number of carbonyl (C=O) groups is 4. The van der Waals surface area contributed by atoms with Gasteiger partial charge in [-0.1, -0.05) is 42.5 Å². The van der Waals surface area contributed by atoms with Gasteiger partial charge in [0.2, 0.25) is 17.7 Å². The molecule has 0 aliphatic carbocycles. The Hall–Kier alpha value is -3.57. The monoisotopic (exact) mass is 516 g/mol. The van der Waals surface area contributed by atoms with Gasteiger partial charge in [-0.25, -0.2) is 4.79 Å². The molecule has 0 aliphatic heterocycles. The largest absolute Gasteiger partial charge is 0.508 e. The van der Waals surface area contributed by atoms with Gasteiger partial charge >= 0.3 is 5.97 Å². The highest BCUT2D eigenvalue weighted by Gasteiger charge is 2.27. The summed E-state index contributed by atoms with van der Waals surface area (Å²) in [6.07, 6.45) is 2.45. The second kappa shape index (κ2) is 14.7. The summed E-state index contributed by atoms with van der Waals surface area (Å²) in [7, 11) is 0. The summed E-state index contributed by atoms with van der Waals surface area (Å²) in [4.78, 5) is 49.5. The minimum atomic E-state index is -1.21. The highest BCUT2D eigenvalue weighted by Crippen LogP contribution is 2.12. The second-order valence-electron chi connectivity index (χ2n) is 8.19. The normalized spacial score (nSPS) is 13.2. The number of carboxylic acid groups (broad SMARTS) is 1. The number of hydrogen-bond donors (Lipinski definition) is 6. The van der Waals surface area contributed by atoms with E-state index in [1.54, 1.807) is 54.2 Å². The third kappa shape index (κ3) is 9.96. The van der Waals surface area contributed by atoms with E-state index in [4.69, 9.17) is 5.73 Å². The molecule has 194 valence electrons. The molecule has 10 nitrogen and oxygen atoms in total. The van der Waals surface area contributed by atoms with Crippen molar-refractivity contribution in [1.82, 2.24) is 16.0 Å². The first kappa shape index (κ1) is 28.7. The van der Waals surface area contributed by atoms with Crippen molar-refractivity contribution in [2.45, 2.75) is 37.4 Å². The molecule has 0 saturated carbocycles. The van der Waals surface area contributed by atoms with Gasteiger partial charge in [0, 0.05) is 12.8 Å². The summed E-state index contributed by atoms with van der Waals surface area (Å²) < 4.78 is 0. The van der Waals surface area contributed by atoms with Crippen molar-refractivity contribution >= 4 is 35.5 Å². The molecule has 2 aromatic carbocycles. The fourth-order valence-corrected chi connectivity index (χ4v) is 3.81. The Bertz CT molecular complexity index is 1020. The number of benzene rings is 2. The number of rotatable bonds is 14. The van der Waals surface area contributed by atoms with Crippen LogP contribution in [0.4, 0.5) is 0 Å². The van der Waals surface area contributed by atoms with Crippen LogP contribution in [0.25, 0.3) is 0 Å². The molecule has 36 heavy (non-hydrogen) atoms. The third-order valence-corrected chi connectivity index (χ3v) is 5.96. The minimum Gasteiger partial charge on any atom is -0.508 e. The molecule has 0 fully saturated rings. The summed E-state index contributed by atoms with van der Waals surface area (Å²) in [5.41, 5.74) is 7.16. The maximum absolute atomic E-state index is 13.1. The molecule has 0 bridgehead atoms. The zero-order chi connectivity index (χ0) is 26.5. The molecule has 7 N–H and O–H groups in total. The van der Waals surface area contributed by atoms with Crippen LogP contribution in [0.5, 0.6) is 5.75 Å². The van der Waals surface area contributed by atoms with Crippen molar-refractivity contribution in [3.05, 3.63) is 65.7 Å². The standard InChI is InChI=1S/C25H32N4O6S/c1-36-12-11-19(26)23(32)27-15-22(31)28-20(13-17-7-9-18(30)10-8-17)24(33)29-21(25(34)35)14-16-5-3-2-4-6-16/h2-10,19-21,30H,11-15,26H2,1H3,(H,27,32)(H,28,31)(H,29,33)(H,34,35). The molecule has 0 saturated heterocycles. The Labute approximate surface area is 214 Å². The van der Waals surface area contributed by atoms with Crippen LogP contribution in [0.15, 0.2) is 54.6 Å².